The van der Waals surface area contributed by atoms with Gasteiger partial charge in [-0.3, -0.25) is 0 Å². The van der Waals surface area contributed by atoms with Gasteiger partial charge in [-0.2, -0.15) is 5.26 Å². The predicted octanol–water partition coefficient (Wildman–Crippen LogP) is 3.97. The highest BCUT2D eigenvalue weighted by atomic mass is 32.1. The molecule has 0 aliphatic carbocycles. The molecule has 1 N–H and O–H groups in total. The van der Waals surface area contributed by atoms with Gasteiger partial charge in [0.25, 0.3) is 0 Å². The zero-order valence-corrected chi connectivity index (χ0v) is 13.9. The number of carbonyl (C=O) groups is 1. The molecule has 0 aliphatic heterocycles. The quantitative estimate of drug-likeness (QED) is 0.790. The number of nitrogens with zero attached hydrogens (tertiary/aromatic N) is 3. The molecule has 0 unspecified atom stereocenters. The third kappa shape index (κ3) is 2.30. The number of hydrogen-bond acceptors (Lipinski definition) is 4. The number of thiazole rings is 1. The number of fused-ring (bicyclic) bond motifs is 1. The maximum atomic E-state index is 11.2. The van der Waals surface area contributed by atoms with Crippen LogP contribution in [0.1, 0.15) is 33.5 Å². The van der Waals surface area contributed by atoms with Crippen molar-refractivity contribution in [1.29, 1.82) is 5.26 Å². The SMILES string of the molecule is CCn1c(C)c(C#N)c2cc(-c3nc(C)c(C(=O)O)s3)ccc21. The molecule has 2 aromatic heterocycles. The maximum absolute atomic E-state index is 11.2. The number of benzene rings is 1. The lowest BCUT2D eigenvalue weighted by Crippen LogP contribution is -1.96. The van der Waals surface area contributed by atoms with Gasteiger partial charge in [0, 0.05) is 28.7 Å². The van der Waals surface area contributed by atoms with E-state index in [1.807, 2.05) is 32.0 Å². The summed E-state index contributed by atoms with van der Waals surface area (Å²) in [6.45, 7) is 6.48. The van der Waals surface area contributed by atoms with Crippen molar-refractivity contribution >= 4 is 28.2 Å². The lowest BCUT2D eigenvalue weighted by Gasteiger charge is -2.03. The van der Waals surface area contributed by atoms with Gasteiger partial charge >= 0.3 is 5.97 Å². The van der Waals surface area contributed by atoms with Crippen molar-refractivity contribution in [2.75, 3.05) is 0 Å². The van der Waals surface area contributed by atoms with Gasteiger partial charge in [-0.1, -0.05) is 0 Å². The van der Waals surface area contributed by atoms with Crippen LogP contribution in [0.4, 0.5) is 0 Å². The largest absolute Gasteiger partial charge is 0.477 e. The zero-order chi connectivity index (χ0) is 16.7. The summed E-state index contributed by atoms with van der Waals surface area (Å²) >= 11 is 1.16. The molecule has 0 bridgehead atoms. The average molecular weight is 325 g/mol. The Morgan fingerprint density at radius 1 is 1.43 bits per heavy atom. The minimum Gasteiger partial charge on any atom is -0.477 e. The summed E-state index contributed by atoms with van der Waals surface area (Å²) in [7, 11) is 0. The van der Waals surface area contributed by atoms with Gasteiger partial charge in [0.05, 0.1) is 11.3 Å². The van der Waals surface area contributed by atoms with Crippen LogP contribution in [0.3, 0.4) is 0 Å². The second-order valence-corrected chi connectivity index (χ2v) is 6.29. The minimum atomic E-state index is -0.960. The van der Waals surface area contributed by atoms with Gasteiger partial charge in [-0.15, -0.1) is 11.3 Å². The molecule has 0 amide bonds. The third-order valence-corrected chi connectivity index (χ3v) is 5.18. The van der Waals surface area contributed by atoms with Gasteiger partial charge < -0.3 is 9.67 Å². The van der Waals surface area contributed by atoms with E-state index in [9.17, 15) is 15.2 Å². The van der Waals surface area contributed by atoms with E-state index in [1.165, 1.54) is 0 Å². The molecule has 1 aromatic carbocycles. The first kappa shape index (κ1) is 15.3. The molecule has 0 saturated heterocycles. The Hall–Kier alpha value is -2.65. The summed E-state index contributed by atoms with van der Waals surface area (Å²) in [6, 6.07) is 8.10. The van der Waals surface area contributed by atoms with Crippen LogP contribution in [0.25, 0.3) is 21.5 Å². The van der Waals surface area contributed by atoms with Gasteiger partial charge in [-0.25, -0.2) is 9.78 Å². The van der Waals surface area contributed by atoms with Crippen molar-refractivity contribution in [3.63, 3.8) is 0 Å². The van der Waals surface area contributed by atoms with Gasteiger partial charge in [0.2, 0.25) is 0 Å². The van der Waals surface area contributed by atoms with Crippen molar-refractivity contribution in [2.24, 2.45) is 0 Å². The monoisotopic (exact) mass is 325 g/mol. The summed E-state index contributed by atoms with van der Waals surface area (Å²) in [4.78, 5) is 15.8. The smallest absolute Gasteiger partial charge is 0.347 e. The molecule has 3 aromatic rings. The van der Waals surface area contributed by atoms with E-state index in [1.54, 1.807) is 6.92 Å². The van der Waals surface area contributed by atoms with Crippen molar-refractivity contribution in [3.8, 4) is 16.6 Å². The second kappa shape index (κ2) is 5.52. The Labute approximate surface area is 137 Å². The Bertz CT molecular complexity index is 976. The van der Waals surface area contributed by atoms with Gasteiger partial charge in [0.15, 0.2) is 0 Å². The Morgan fingerprint density at radius 2 is 2.17 bits per heavy atom. The molecule has 0 atom stereocenters. The van der Waals surface area contributed by atoms with Crippen LogP contribution in [0.5, 0.6) is 0 Å². The third-order valence-electron chi connectivity index (χ3n) is 3.99. The molecule has 0 spiro atoms. The topological polar surface area (TPSA) is 78.9 Å². The van der Waals surface area contributed by atoms with Gasteiger partial charge in [0.1, 0.15) is 16.0 Å². The molecule has 23 heavy (non-hydrogen) atoms. The summed E-state index contributed by atoms with van der Waals surface area (Å²) in [5, 5.41) is 20.2. The normalized spacial score (nSPS) is 10.9. The van der Waals surface area contributed by atoms with E-state index in [4.69, 9.17) is 0 Å². The van der Waals surface area contributed by atoms with Crippen LogP contribution in [0.2, 0.25) is 0 Å². The number of rotatable bonds is 3. The standard InChI is InChI=1S/C17H15N3O2S/c1-4-20-10(3)13(8-18)12-7-11(5-6-14(12)20)16-19-9(2)15(23-16)17(21)22/h5-7H,4H2,1-3H3,(H,21,22). The first-order chi connectivity index (χ1) is 11.0. The summed E-state index contributed by atoms with van der Waals surface area (Å²) < 4.78 is 2.10. The van der Waals surface area contributed by atoms with Crippen LogP contribution < -0.4 is 0 Å². The van der Waals surface area contributed by atoms with E-state index in [2.05, 4.69) is 15.6 Å². The lowest BCUT2D eigenvalue weighted by atomic mass is 10.1. The highest BCUT2D eigenvalue weighted by molar-refractivity contribution is 7.17. The zero-order valence-electron chi connectivity index (χ0n) is 13.0. The maximum Gasteiger partial charge on any atom is 0.347 e. The number of aromatic carboxylic acids is 1. The van der Waals surface area contributed by atoms with Crippen molar-refractivity contribution in [3.05, 3.63) is 40.0 Å². The van der Waals surface area contributed by atoms with E-state index >= 15 is 0 Å². The first-order valence-electron chi connectivity index (χ1n) is 7.22. The van der Waals surface area contributed by atoms with Crippen LogP contribution in [0, 0.1) is 25.2 Å². The molecular weight excluding hydrogens is 310 g/mol. The molecule has 0 radical (unpaired) electrons. The fourth-order valence-electron chi connectivity index (χ4n) is 2.88. The Kier molecular flexibility index (Phi) is 3.66. The molecule has 6 heteroatoms. The first-order valence-corrected chi connectivity index (χ1v) is 8.03. The number of carboxylic acids is 1. The molecule has 2 heterocycles. The van der Waals surface area contributed by atoms with Crippen LogP contribution >= 0.6 is 11.3 Å². The molecule has 3 rings (SSSR count). The number of aryl methyl sites for hydroxylation is 2. The average Bonchev–Trinajstić information content (AvgIpc) is 3.03. The molecule has 0 fully saturated rings. The second-order valence-electron chi connectivity index (χ2n) is 5.29. The highest BCUT2D eigenvalue weighted by Crippen LogP contribution is 2.33. The van der Waals surface area contributed by atoms with E-state index in [0.29, 0.717) is 16.3 Å². The highest BCUT2D eigenvalue weighted by Gasteiger charge is 2.17. The van der Waals surface area contributed by atoms with E-state index < -0.39 is 5.97 Å². The van der Waals surface area contributed by atoms with E-state index in [0.717, 1.165) is 40.0 Å². The Balaban J connectivity index is 2.23. The number of nitriles is 1. The van der Waals surface area contributed by atoms with Crippen LogP contribution in [0.15, 0.2) is 18.2 Å². The van der Waals surface area contributed by atoms with Crippen molar-refractivity contribution in [1.82, 2.24) is 9.55 Å². The Morgan fingerprint density at radius 3 is 2.74 bits per heavy atom. The number of carboxylic acid groups (broad SMARTS) is 1. The minimum absolute atomic E-state index is 0.253. The van der Waals surface area contributed by atoms with Crippen molar-refractivity contribution in [2.45, 2.75) is 27.3 Å². The fraction of sp³-hybridized carbons (Fsp3) is 0.235. The van der Waals surface area contributed by atoms with E-state index in [-0.39, 0.29) is 4.88 Å². The fourth-order valence-corrected chi connectivity index (χ4v) is 3.78. The number of aromatic nitrogens is 2. The van der Waals surface area contributed by atoms with Crippen LogP contribution in [-0.2, 0) is 6.54 Å². The summed E-state index contributed by atoms with van der Waals surface area (Å²) in [5.74, 6) is -0.960. The summed E-state index contributed by atoms with van der Waals surface area (Å²) in [5.41, 5.74) is 3.97. The number of hydrogen-bond donors (Lipinski definition) is 1. The molecular formula is C17H15N3O2S. The molecule has 0 saturated carbocycles. The molecule has 5 nitrogen and oxygen atoms in total. The molecule has 116 valence electrons. The summed E-state index contributed by atoms with van der Waals surface area (Å²) in [6.07, 6.45) is 0. The van der Waals surface area contributed by atoms with Crippen LogP contribution in [-0.4, -0.2) is 20.6 Å². The predicted molar refractivity (Wildman–Crippen MR) is 89.9 cm³/mol. The van der Waals surface area contributed by atoms with Gasteiger partial charge in [-0.05, 0) is 39.0 Å². The van der Waals surface area contributed by atoms with Crippen molar-refractivity contribution < 1.29 is 9.90 Å². The molecule has 0 aliphatic rings. The lowest BCUT2D eigenvalue weighted by molar-refractivity contribution is 0.0701.